The van der Waals surface area contributed by atoms with Crippen LogP contribution in [0.1, 0.15) is 17.5 Å². The lowest BCUT2D eigenvalue weighted by Crippen LogP contribution is -2.07. The third-order valence-corrected chi connectivity index (χ3v) is 3.82. The van der Waals surface area contributed by atoms with Crippen LogP contribution in [0, 0.1) is 0 Å². The Morgan fingerprint density at radius 2 is 1.42 bits per heavy atom. The number of nitrogens with zero attached hydrogens (tertiary/aromatic N) is 1. The summed E-state index contributed by atoms with van der Waals surface area (Å²) in [5.41, 5.74) is 2.39. The minimum atomic E-state index is -0.386. The quantitative estimate of drug-likeness (QED) is 0.356. The molecule has 0 aliphatic heterocycles. The maximum Gasteiger partial charge on any atom is 0.309 e. The topological polar surface area (TPSA) is 77.4 Å². The summed E-state index contributed by atoms with van der Waals surface area (Å²) in [6.45, 7) is 0. The van der Waals surface area contributed by atoms with E-state index < -0.39 is 0 Å². The largest absolute Gasteiger partial charge is 0.497 e. The van der Waals surface area contributed by atoms with Gasteiger partial charge in [-0.25, -0.2) is 0 Å². The number of hydrogen-bond donors (Lipinski definition) is 1. The Balaban J connectivity index is 2.46. The van der Waals surface area contributed by atoms with E-state index in [0.29, 0.717) is 28.3 Å². The number of esters is 1. The van der Waals surface area contributed by atoms with Gasteiger partial charge in [-0.05, 0) is 42.0 Å². The summed E-state index contributed by atoms with van der Waals surface area (Å²) >= 11 is 0. The number of methoxy groups -OCH3 is 3. The second kappa shape index (κ2) is 9.27. The lowest BCUT2D eigenvalue weighted by atomic mass is 9.95. The fourth-order valence-corrected chi connectivity index (χ4v) is 2.41. The smallest absolute Gasteiger partial charge is 0.309 e. The lowest BCUT2D eigenvalue weighted by molar-refractivity contribution is -0.139. The van der Waals surface area contributed by atoms with Crippen LogP contribution < -0.4 is 9.47 Å². The first-order valence-electron chi connectivity index (χ1n) is 7.91. The standard InChI is InChI=1S/C20H21NO5/c1-24-16-8-4-14(5-9-16)18(12-13-19(22)26-3)20(21-23)15-6-10-17(25-2)11-7-15/h4-12,23H,13H2,1-3H3/b18-12+,21-20+. The molecule has 0 aliphatic rings. The van der Waals surface area contributed by atoms with Gasteiger partial charge in [0.15, 0.2) is 0 Å². The predicted molar refractivity (Wildman–Crippen MR) is 98.9 cm³/mol. The second-order valence-corrected chi connectivity index (χ2v) is 5.30. The first-order chi connectivity index (χ1) is 12.6. The van der Waals surface area contributed by atoms with Crippen molar-refractivity contribution in [2.75, 3.05) is 21.3 Å². The molecule has 0 atom stereocenters. The molecule has 136 valence electrons. The van der Waals surface area contributed by atoms with Crippen molar-refractivity contribution in [3.8, 4) is 11.5 Å². The van der Waals surface area contributed by atoms with E-state index in [4.69, 9.17) is 14.2 Å². The molecule has 2 aromatic carbocycles. The van der Waals surface area contributed by atoms with Gasteiger partial charge < -0.3 is 19.4 Å². The van der Waals surface area contributed by atoms with Gasteiger partial charge in [0.2, 0.25) is 0 Å². The third-order valence-electron chi connectivity index (χ3n) is 3.82. The number of carbonyl (C=O) groups excluding carboxylic acids is 1. The molecule has 6 heteroatoms. The first kappa shape index (κ1) is 19.1. The van der Waals surface area contributed by atoms with Gasteiger partial charge in [0.05, 0.1) is 27.8 Å². The number of carbonyl (C=O) groups is 1. The van der Waals surface area contributed by atoms with E-state index in [-0.39, 0.29) is 12.4 Å². The average Bonchev–Trinajstić information content (AvgIpc) is 2.71. The number of ether oxygens (including phenoxy) is 3. The highest BCUT2D eigenvalue weighted by molar-refractivity contribution is 6.31. The second-order valence-electron chi connectivity index (χ2n) is 5.30. The molecule has 0 aliphatic carbocycles. The number of benzene rings is 2. The molecule has 0 radical (unpaired) electrons. The molecule has 0 saturated carbocycles. The van der Waals surface area contributed by atoms with Crippen LogP contribution in [0.2, 0.25) is 0 Å². The maximum absolute atomic E-state index is 11.6. The Kier molecular flexibility index (Phi) is 6.79. The SMILES string of the molecule is COC(=O)C/C=C(/C(=N/O)c1ccc(OC)cc1)c1ccc(OC)cc1. The fraction of sp³-hybridized carbons (Fsp3) is 0.200. The summed E-state index contributed by atoms with van der Waals surface area (Å²) in [6, 6.07) is 14.4. The van der Waals surface area contributed by atoms with E-state index in [1.54, 1.807) is 56.7 Å². The third kappa shape index (κ3) is 4.63. The van der Waals surface area contributed by atoms with E-state index in [0.717, 1.165) is 5.56 Å². The van der Waals surface area contributed by atoms with Crippen LogP contribution in [0.15, 0.2) is 59.8 Å². The van der Waals surface area contributed by atoms with Crippen molar-refractivity contribution in [3.05, 3.63) is 65.7 Å². The molecule has 6 nitrogen and oxygen atoms in total. The Morgan fingerprint density at radius 1 is 0.923 bits per heavy atom. The number of hydrogen-bond acceptors (Lipinski definition) is 6. The Hall–Kier alpha value is -3.28. The van der Waals surface area contributed by atoms with E-state index in [2.05, 4.69) is 5.16 Å². The van der Waals surface area contributed by atoms with Gasteiger partial charge in [0.25, 0.3) is 0 Å². The van der Waals surface area contributed by atoms with Gasteiger partial charge >= 0.3 is 5.97 Å². The molecule has 0 fully saturated rings. The van der Waals surface area contributed by atoms with Crippen LogP contribution in [0.3, 0.4) is 0 Å². The Morgan fingerprint density at radius 3 is 1.85 bits per heavy atom. The molecular formula is C20H21NO5. The van der Waals surface area contributed by atoms with Crippen molar-refractivity contribution < 1.29 is 24.2 Å². The van der Waals surface area contributed by atoms with Crippen LogP contribution in [0.4, 0.5) is 0 Å². The normalized spacial score (nSPS) is 11.8. The molecular weight excluding hydrogens is 334 g/mol. The van der Waals surface area contributed by atoms with Gasteiger partial charge in [0.1, 0.15) is 17.2 Å². The summed E-state index contributed by atoms with van der Waals surface area (Å²) < 4.78 is 15.0. The van der Waals surface area contributed by atoms with Crippen molar-refractivity contribution in [2.24, 2.45) is 5.16 Å². The van der Waals surface area contributed by atoms with Crippen LogP contribution in [0.25, 0.3) is 5.57 Å². The molecule has 0 aromatic heterocycles. The van der Waals surface area contributed by atoms with Gasteiger partial charge in [-0.1, -0.05) is 23.4 Å². The molecule has 0 spiro atoms. The molecule has 0 heterocycles. The van der Waals surface area contributed by atoms with Crippen LogP contribution in [-0.4, -0.2) is 38.2 Å². The summed E-state index contributed by atoms with van der Waals surface area (Å²) in [7, 11) is 4.49. The van der Waals surface area contributed by atoms with Crippen molar-refractivity contribution in [1.29, 1.82) is 0 Å². The van der Waals surface area contributed by atoms with E-state index in [1.165, 1.54) is 7.11 Å². The van der Waals surface area contributed by atoms with Gasteiger partial charge in [-0.3, -0.25) is 4.79 Å². The zero-order valence-corrected chi connectivity index (χ0v) is 14.9. The molecule has 1 N–H and O–H groups in total. The molecule has 0 bridgehead atoms. The lowest BCUT2D eigenvalue weighted by Gasteiger charge is -2.12. The van der Waals surface area contributed by atoms with E-state index in [1.807, 2.05) is 12.1 Å². The molecule has 2 rings (SSSR count). The Bertz CT molecular complexity index is 792. The van der Waals surface area contributed by atoms with Crippen LogP contribution in [-0.2, 0) is 9.53 Å². The summed E-state index contributed by atoms with van der Waals surface area (Å²) in [6.07, 6.45) is 1.72. The summed E-state index contributed by atoms with van der Waals surface area (Å²) in [4.78, 5) is 11.6. The highest BCUT2D eigenvalue weighted by Gasteiger charge is 2.15. The minimum absolute atomic E-state index is 0.0486. The zero-order chi connectivity index (χ0) is 18.9. The first-order valence-corrected chi connectivity index (χ1v) is 7.91. The predicted octanol–water partition coefficient (Wildman–Crippen LogP) is 3.53. The van der Waals surface area contributed by atoms with Crippen molar-refractivity contribution in [2.45, 2.75) is 6.42 Å². The average molecular weight is 355 g/mol. The van der Waals surface area contributed by atoms with Gasteiger partial charge in [-0.15, -0.1) is 0 Å². The zero-order valence-electron chi connectivity index (χ0n) is 14.9. The minimum Gasteiger partial charge on any atom is -0.497 e. The van der Waals surface area contributed by atoms with Crippen LogP contribution >= 0.6 is 0 Å². The number of oxime groups is 1. The molecule has 0 saturated heterocycles. The van der Waals surface area contributed by atoms with Crippen LogP contribution in [0.5, 0.6) is 11.5 Å². The van der Waals surface area contributed by atoms with E-state index >= 15 is 0 Å². The number of allylic oxidation sites excluding steroid dienone is 1. The highest BCUT2D eigenvalue weighted by Crippen LogP contribution is 2.25. The van der Waals surface area contributed by atoms with Crippen molar-refractivity contribution >= 4 is 17.3 Å². The van der Waals surface area contributed by atoms with Crippen molar-refractivity contribution in [3.63, 3.8) is 0 Å². The van der Waals surface area contributed by atoms with Gasteiger partial charge in [-0.2, -0.15) is 0 Å². The highest BCUT2D eigenvalue weighted by atomic mass is 16.5. The number of rotatable bonds is 7. The van der Waals surface area contributed by atoms with Gasteiger partial charge in [0, 0.05) is 11.1 Å². The molecule has 0 unspecified atom stereocenters. The fourth-order valence-electron chi connectivity index (χ4n) is 2.41. The monoisotopic (exact) mass is 355 g/mol. The summed E-state index contributed by atoms with van der Waals surface area (Å²) in [5, 5.41) is 13.1. The van der Waals surface area contributed by atoms with Crippen molar-refractivity contribution in [1.82, 2.24) is 0 Å². The molecule has 0 amide bonds. The maximum atomic E-state index is 11.6. The summed E-state index contributed by atoms with van der Waals surface area (Å²) in [5.74, 6) is 1.01. The molecule has 26 heavy (non-hydrogen) atoms. The molecule has 2 aromatic rings. The Labute approximate surface area is 152 Å². The van der Waals surface area contributed by atoms with E-state index in [9.17, 15) is 10.0 Å².